The summed E-state index contributed by atoms with van der Waals surface area (Å²) in [6.07, 6.45) is 2.77. The number of nitro benzene ring substituents is 1. The number of benzene rings is 2. The normalized spacial score (nSPS) is 10.4. The third-order valence-corrected chi connectivity index (χ3v) is 3.70. The van der Waals surface area contributed by atoms with Gasteiger partial charge < -0.3 is 10.3 Å². The summed E-state index contributed by atoms with van der Waals surface area (Å²) in [5.74, 6) is 0. The summed E-state index contributed by atoms with van der Waals surface area (Å²) < 4.78 is 0. The molecule has 0 radical (unpaired) electrons. The Morgan fingerprint density at radius 1 is 1.26 bits per heavy atom. The fraction of sp³-hybridized carbons (Fsp3) is 0.118. The molecule has 0 aliphatic rings. The van der Waals surface area contributed by atoms with E-state index in [-0.39, 0.29) is 11.4 Å². The van der Waals surface area contributed by atoms with E-state index in [1.807, 2.05) is 24.4 Å². The van der Waals surface area contributed by atoms with Crippen LogP contribution in [0.25, 0.3) is 15.7 Å². The summed E-state index contributed by atoms with van der Waals surface area (Å²) >= 11 is 0. The van der Waals surface area contributed by atoms with Gasteiger partial charge in [-0.05, 0) is 24.1 Å². The van der Waals surface area contributed by atoms with E-state index in [1.54, 1.807) is 6.07 Å². The van der Waals surface area contributed by atoms with Crippen molar-refractivity contribution < 1.29 is 4.92 Å². The number of rotatable bonds is 5. The number of hydrogen-bond acceptors (Lipinski definition) is 3. The highest BCUT2D eigenvalue weighted by Gasteiger charge is 2.10. The zero-order valence-electron chi connectivity index (χ0n) is 12.2. The Morgan fingerprint density at radius 2 is 2.09 bits per heavy atom. The number of nitrogens with zero attached hydrogens (tertiary/aromatic N) is 2. The maximum atomic E-state index is 10.8. The Labute approximate surface area is 132 Å². The number of anilines is 1. The predicted octanol–water partition coefficient (Wildman–Crippen LogP) is 4.28. The molecule has 2 N–H and O–H groups in total. The summed E-state index contributed by atoms with van der Waals surface area (Å²) in [5, 5.41) is 15.1. The van der Waals surface area contributed by atoms with E-state index >= 15 is 0 Å². The smallest absolute Gasteiger partial charge is 0.259 e. The van der Waals surface area contributed by atoms with Crippen molar-refractivity contribution in [3.05, 3.63) is 75.8 Å². The molecule has 0 fully saturated rings. The van der Waals surface area contributed by atoms with E-state index < -0.39 is 4.92 Å². The zero-order chi connectivity index (χ0) is 16.2. The second kappa shape index (κ2) is 6.20. The van der Waals surface area contributed by atoms with Gasteiger partial charge in [0.1, 0.15) is 0 Å². The molecule has 0 unspecified atom stereocenters. The number of hydrogen-bond donors (Lipinski definition) is 2. The van der Waals surface area contributed by atoms with Crippen molar-refractivity contribution in [3.63, 3.8) is 0 Å². The Balaban J connectivity index is 1.71. The molecule has 23 heavy (non-hydrogen) atoms. The topological polar surface area (TPSA) is 75.3 Å². The average Bonchev–Trinajstić information content (AvgIpc) is 2.98. The molecule has 0 atom stereocenters. The first-order chi connectivity index (χ1) is 11.2. The van der Waals surface area contributed by atoms with Crippen LogP contribution in [0, 0.1) is 16.7 Å². The minimum Gasteiger partial charge on any atom is -0.393 e. The number of nitro groups is 1. The van der Waals surface area contributed by atoms with Crippen LogP contribution in [0.3, 0.4) is 0 Å². The molecule has 6 heteroatoms. The molecule has 0 aliphatic heterocycles. The van der Waals surface area contributed by atoms with Crippen LogP contribution in [-0.2, 0) is 6.42 Å². The van der Waals surface area contributed by atoms with Crippen LogP contribution in [0.1, 0.15) is 5.56 Å². The summed E-state index contributed by atoms with van der Waals surface area (Å²) in [4.78, 5) is 16.8. The summed E-state index contributed by atoms with van der Waals surface area (Å²) in [6, 6.07) is 12.4. The summed E-state index contributed by atoms with van der Waals surface area (Å²) in [5.41, 5.74) is 3.10. The van der Waals surface area contributed by atoms with E-state index in [9.17, 15) is 10.1 Å². The summed E-state index contributed by atoms with van der Waals surface area (Å²) in [6.45, 7) is 7.80. The maximum absolute atomic E-state index is 10.8. The highest BCUT2D eigenvalue weighted by Crippen LogP contribution is 2.29. The molecule has 0 saturated heterocycles. The molecular weight excluding hydrogens is 292 g/mol. The highest BCUT2D eigenvalue weighted by molar-refractivity contribution is 5.83. The van der Waals surface area contributed by atoms with Crippen LogP contribution in [0.5, 0.6) is 0 Å². The SMILES string of the molecule is [C-]#[N+]c1cc([N+](=O)[O-])ccc1NCCc1c[nH]c2ccccc12. The van der Waals surface area contributed by atoms with Gasteiger partial charge in [0.2, 0.25) is 5.69 Å². The van der Waals surface area contributed by atoms with E-state index in [0.717, 1.165) is 11.9 Å². The molecule has 0 amide bonds. The minimum atomic E-state index is -0.496. The lowest BCUT2D eigenvalue weighted by molar-refractivity contribution is -0.384. The van der Waals surface area contributed by atoms with Gasteiger partial charge in [0.15, 0.2) is 0 Å². The second-order valence-electron chi connectivity index (χ2n) is 5.11. The zero-order valence-corrected chi connectivity index (χ0v) is 12.2. The van der Waals surface area contributed by atoms with Gasteiger partial charge in [-0.15, -0.1) is 0 Å². The highest BCUT2D eigenvalue weighted by atomic mass is 16.6. The number of nitrogens with one attached hydrogen (secondary N) is 2. The molecule has 0 bridgehead atoms. The minimum absolute atomic E-state index is 0.0711. The number of aromatic amines is 1. The molecule has 0 saturated carbocycles. The van der Waals surface area contributed by atoms with Gasteiger partial charge in [0.05, 0.1) is 11.5 Å². The van der Waals surface area contributed by atoms with E-state index in [4.69, 9.17) is 6.57 Å². The molecule has 6 nitrogen and oxygen atoms in total. The molecule has 1 aromatic heterocycles. The third kappa shape index (κ3) is 2.99. The number of non-ortho nitro benzene ring substituents is 1. The standard InChI is InChI=1S/C17H14N4O2/c1-18-17-10-13(21(22)23)6-7-16(17)19-9-8-12-11-20-15-5-3-2-4-14(12)15/h2-7,10-11,19-20H,8-9H2. The predicted molar refractivity (Wildman–Crippen MR) is 89.9 cm³/mol. The van der Waals surface area contributed by atoms with Crippen LogP contribution in [0.4, 0.5) is 17.1 Å². The van der Waals surface area contributed by atoms with E-state index in [1.165, 1.54) is 23.1 Å². The molecule has 1 heterocycles. The van der Waals surface area contributed by atoms with Crippen LogP contribution in [-0.4, -0.2) is 16.5 Å². The van der Waals surface area contributed by atoms with Gasteiger partial charge >= 0.3 is 0 Å². The lowest BCUT2D eigenvalue weighted by atomic mass is 10.1. The van der Waals surface area contributed by atoms with Crippen LogP contribution in [0.2, 0.25) is 0 Å². The molecule has 0 spiro atoms. The van der Waals surface area contributed by atoms with Crippen LogP contribution < -0.4 is 5.32 Å². The van der Waals surface area contributed by atoms with Crippen molar-refractivity contribution in [1.82, 2.24) is 4.98 Å². The number of fused-ring (bicyclic) bond motifs is 1. The van der Waals surface area contributed by atoms with Crippen molar-refractivity contribution in [3.8, 4) is 0 Å². The van der Waals surface area contributed by atoms with Gasteiger partial charge in [0, 0.05) is 41.5 Å². The molecule has 0 aliphatic carbocycles. The number of H-pyrrole nitrogens is 1. The van der Waals surface area contributed by atoms with Crippen LogP contribution in [0.15, 0.2) is 48.7 Å². The first-order valence-electron chi connectivity index (χ1n) is 7.14. The molecular formula is C17H14N4O2. The van der Waals surface area contributed by atoms with Crippen molar-refractivity contribution in [2.75, 3.05) is 11.9 Å². The molecule has 114 valence electrons. The fourth-order valence-corrected chi connectivity index (χ4v) is 2.55. The Morgan fingerprint density at radius 3 is 2.87 bits per heavy atom. The molecule has 3 rings (SSSR count). The van der Waals surface area contributed by atoms with Gasteiger partial charge in [-0.25, -0.2) is 4.85 Å². The first-order valence-corrected chi connectivity index (χ1v) is 7.14. The fourth-order valence-electron chi connectivity index (χ4n) is 2.55. The Bertz CT molecular complexity index is 908. The van der Waals surface area contributed by atoms with E-state index in [2.05, 4.69) is 21.2 Å². The Hall–Kier alpha value is -3.33. The van der Waals surface area contributed by atoms with Crippen molar-refractivity contribution in [2.24, 2.45) is 0 Å². The molecule has 2 aromatic carbocycles. The lowest BCUT2D eigenvalue weighted by Crippen LogP contribution is -2.04. The number of para-hydroxylation sites is 1. The van der Waals surface area contributed by atoms with Crippen LogP contribution >= 0.6 is 0 Å². The van der Waals surface area contributed by atoms with E-state index in [0.29, 0.717) is 12.2 Å². The second-order valence-corrected chi connectivity index (χ2v) is 5.11. The largest absolute Gasteiger partial charge is 0.393 e. The third-order valence-electron chi connectivity index (χ3n) is 3.70. The average molecular weight is 306 g/mol. The quantitative estimate of drug-likeness (QED) is 0.419. The number of aromatic nitrogens is 1. The molecule has 3 aromatic rings. The van der Waals surface area contributed by atoms with Crippen molar-refractivity contribution in [1.29, 1.82) is 0 Å². The van der Waals surface area contributed by atoms with Crippen molar-refractivity contribution in [2.45, 2.75) is 6.42 Å². The van der Waals surface area contributed by atoms with Gasteiger partial charge in [-0.1, -0.05) is 18.2 Å². The Kier molecular flexibility index (Phi) is 3.93. The van der Waals surface area contributed by atoms with Gasteiger partial charge in [-0.3, -0.25) is 10.1 Å². The summed E-state index contributed by atoms with van der Waals surface area (Å²) in [7, 11) is 0. The van der Waals surface area contributed by atoms with Gasteiger partial charge in [-0.2, -0.15) is 0 Å². The first kappa shape index (κ1) is 14.6. The monoisotopic (exact) mass is 306 g/mol. The van der Waals surface area contributed by atoms with Crippen molar-refractivity contribution >= 4 is 28.0 Å². The maximum Gasteiger partial charge on any atom is 0.259 e. The van der Waals surface area contributed by atoms with Gasteiger partial charge in [0.25, 0.3) is 5.69 Å². The lowest BCUT2D eigenvalue weighted by Gasteiger charge is -2.08.